The summed E-state index contributed by atoms with van der Waals surface area (Å²) in [6, 6.07) is 60.7. The number of aromatic nitrogens is 2. The van der Waals surface area contributed by atoms with Crippen LogP contribution >= 0.6 is 0 Å². The predicted molar refractivity (Wildman–Crippen MR) is 226 cm³/mol. The average Bonchev–Trinajstić information content (AvgIpc) is 3.76. The minimum atomic E-state index is 0.0263. The standard InChI is InChI=1S/C48H27B2N3O/c1-2-12-28(13-3-1)51-41-24-22-31-29-14-4-8-18-37(29)52-39-20-10-6-16-33(39)49(45(41)47(31)52)35-26-36-44(27-42(35)51)54-43-25-23-32-30-15-5-9-19-38(30)53-40-21-11-7-17-34(40)50(36)46(43)48(32)53/h1-27H. The third-order valence-corrected chi connectivity index (χ3v) is 12.7. The first-order chi connectivity index (χ1) is 26.8. The quantitative estimate of drug-likeness (QED) is 0.168. The molecule has 4 aliphatic heterocycles. The molecule has 2 aromatic heterocycles. The molecule has 0 N–H and O–H groups in total. The third kappa shape index (κ3) is 3.14. The molecule has 8 aromatic carbocycles. The van der Waals surface area contributed by atoms with Crippen molar-refractivity contribution in [2.45, 2.75) is 0 Å². The van der Waals surface area contributed by atoms with Crippen LogP contribution in [0.1, 0.15) is 0 Å². The molecule has 4 aliphatic rings. The molecule has 6 heterocycles. The van der Waals surface area contributed by atoms with E-state index in [0.29, 0.717) is 0 Å². The van der Waals surface area contributed by atoms with Crippen molar-refractivity contribution in [1.82, 2.24) is 9.13 Å². The molecule has 0 amide bonds. The molecule has 0 saturated heterocycles. The highest BCUT2D eigenvalue weighted by Crippen LogP contribution is 2.44. The van der Waals surface area contributed by atoms with Crippen molar-refractivity contribution < 1.29 is 4.74 Å². The van der Waals surface area contributed by atoms with Crippen LogP contribution in [-0.4, -0.2) is 22.6 Å². The topological polar surface area (TPSA) is 22.3 Å². The summed E-state index contributed by atoms with van der Waals surface area (Å²) in [5.41, 5.74) is 18.9. The van der Waals surface area contributed by atoms with Crippen LogP contribution in [0.15, 0.2) is 164 Å². The fraction of sp³-hybridized carbons (Fsp3) is 0. The zero-order valence-electron chi connectivity index (χ0n) is 29.0. The van der Waals surface area contributed by atoms with Crippen molar-refractivity contribution >= 4 is 107 Å². The smallest absolute Gasteiger partial charge is 0.256 e. The predicted octanol–water partition coefficient (Wildman–Crippen LogP) is 7.43. The van der Waals surface area contributed by atoms with Gasteiger partial charge >= 0.3 is 0 Å². The highest BCUT2D eigenvalue weighted by molar-refractivity contribution is 7.02. The third-order valence-electron chi connectivity index (χ3n) is 12.7. The van der Waals surface area contributed by atoms with E-state index in [-0.39, 0.29) is 13.4 Å². The Morgan fingerprint density at radius 2 is 0.944 bits per heavy atom. The molecule has 0 atom stereocenters. The van der Waals surface area contributed by atoms with E-state index in [1.165, 1.54) is 99.1 Å². The molecule has 0 aliphatic carbocycles. The van der Waals surface area contributed by atoms with Gasteiger partial charge in [0.25, 0.3) is 13.4 Å². The van der Waals surface area contributed by atoms with Gasteiger partial charge in [0, 0.05) is 56.0 Å². The molecule has 4 nitrogen and oxygen atoms in total. The summed E-state index contributed by atoms with van der Waals surface area (Å²) >= 11 is 0. The molecule has 0 fully saturated rings. The SMILES string of the molecule is c1ccc(N2c3cc4c(cc3B3c5ccccc5-n5c6ccccc6c6ccc2c3c65)B2c3ccccc3-n3c5ccccc5c5ccc(c2c53)O4)cc1. The second-order valence-corrected chi connectivity index (χ2v) is 15.2. The fourth-order valence-electron chi connectivity index (χ4n) is 10.8. The van der Waals surface area contributed by atoms with Crippen LogP contribution in [0.5, 0.6) is 11.5 Å². The monoisotopic (exact) mass is 683 g/mol. The van der Waals surface area contributed by atoms with E-state index in [1.54, 1.807) is 0 Å². The molecular formula is C48H27B2N3O. The Morgan fingerprint density at radius 1 is 0.370 bits per heavy atom. The maximum Gasteiger partial charge on any atom is 0.256 e. The van der Waals surface area contributed by atoms with Crippen molar-refractivity contribution in [1.29, 1.82) is 0 Å². The molecule has 0 spiro atoms. The molecule has 0 unspecified atom stereocenters. The molecule has 246 valence electrons. The number of benzene rings is 8. The summed E-state index contributed by atoms with van der Waals surface area (Å²) in [4.78, 5) is 2.48. The van der Waals surface area contributed by atoms with Crippen LogP contribution in [0.3, 0.4) is 0 Å². The van der Waals surface area contributed by atoms with Crippen molar-refractivity contribution in [3.63, 3.8) is 0 Å². The lowest BCUT2D eigenvalue weighted by molar-refractivity contribution is 0.488. The molecule has 10 aromatic rings. The lowest BCUT2D eigenvalue weighted by atomic mass is 9.31. The summed E-state index contributed by atoms with van der Waals surface area (Å²) in [6.45, 7) is 0.0675. The van der Waals surface area contributed by atoms with Crippen LogP contribution in [0, 0.1) is 0 Å². The first-order valence-corrected chi connectivity index (χ1v) is 18.8. The van der Waals surface area contributed by atoms with E-state index in [4.69, 9.17) is 4.74 Å². The highest BCUT2D eigenvalue weighted by Gasteiger charge is 2.46. The van der Waals surface area contributed by atoms with E-state index in [1.807, 2.05) is 0 Å². The second kappa shape index (κ2) is 9.54. The number of ether oxygens (including phenoxy) is 1. The number of nitrogens with zero attached hydrogens (tertiary/aromatic N) is 3. The van der Waals surface area contributed by atoms with E-state index in [2.05, 4.69) is 178 Å². The van der Waals surface area contributed by atoms with Gasteiger partial charge < -0.3 is 18.8 Å². The van der Waals surface area contributed by atoms with Crippen LogP contribution in [0.25, 0.3) is 55.0 Å². The maximum absolute atomic E-state index is 7.11. The van der Waals surface area contributed by atoms with Crippen LogP contribution < -0.4 is 42.4 Å². The highest BCUT2D eigenvalue weighted by atomic mass is 16.5. The summed E-state index contributed by atoms with van der Waals surface area (Å²) in [7, 11) is 0. The van der Waals surface area contributed by atoms with Gasteiger partial charge in [-0.15, -0.1) is 0 Å². The average molecular weight is 683 g/mol. The molecular weight excluding hydrogens is 656 g/mol. The van der Waals surface area contributed by atoms with Gasteiger partial charge in [-0.3, -0.25) is 0 Å². The van der Waals surface area contributed by atoms with Gasteiger partial charge in [0.05, 0.1) is 22.1 Å². The summed E-state index contributed by atoms with van der Waals surface area (Å²) < 4.78 is 12.1. The molecule has 0 bridgehead atoms. The summed E-state index contributed by atoms with van der Waals surface area (Å²) in [6.07, 6.45) is 0. The molecule has 54 heavy (non-hydrogen) atoms. The summed E-state index contributed by atoms with van der Waals surface area (Å²) in [5, 5.41) is 5.13. The van der Waals surface area contributed by atoms with Gasteiger partial charge in [0.2, 0.25) is 0 Å². The van der Waals surface area contributed by atoms with E-state index >= 15 is 0 Å². The minimum absolute atomic E-state index is 0.0263. The Kier molecular flexibility index (Phi) is 4.90. The Bertz CT molecular complexity index is 3340. The Hall–Kier alpha value is -6.91. The van der Waals surface area contributed by atoms with Gasteiger partial charge in [-0.2, -0.15) is 0 Å². The lowest BCUT2D eigenvalue weighted by Gasteiger charge is -2.41. The van der Waals surface area contributed by atoms with E-state index in [9.17, 15) is 0 Å². The summed E-state index contributed by atoms with van der Waals surface area (Å²) in [5.74, 6) is 1.86. The first-order valence-electron chi connectivity index (χ1n) is 18.8. The Morgan fingerprint density at radius 3 is 1.65 bits per heavy atom. The minimum Gasteiger partial charge on any atom is -0.458 e. The fourth-order valence-corrected chi connectivity index (χ4v) is 10.8. The van der Waals surface area contributed by atoms with E-state index < -0.39 is 0 Å². The van der Waals surface area contributed by atoms with Crippen molar-refractivity contribution in [2.24, 2.45) is 0 Å². The molecule has 14 rings (SSSR count). The molecule has 0 saturated carbocycles. The number of para-hydroxylation sites is 5. The van der Waals surface area contributed by atoms with Crippen molar-refractivity contribution in [3.8, 4) is 22.9 Å². The maximum atomic E-state index is 7.11. The Balaban J connectivity index is 1.12. The van der Waals surface area contributed by atoms with Crippen molar-refractivity contribution in [2.75, 3.05) is 4.90 Å². The lowest BCUT2D eigenvalue weighted by Crippen LogP contribution is -2.63. The Labute approximate surface area is 311 Å². The number of hydrogen-bond acceptors (Lipinski definition) is 2. The van der Waals surface area contributed by atoms with E-state index in [0.717, 1.165) is 17.2 Å². The van der Waals surface area contributed by atoms with Crippen LogP contribution in [0.4, 0.5) is 17.1 Å². The second-order valence-electron chi connectivity index (χ2n) is 15.2. The first kappa shape index (κ1) is 27.7. The van der Waals surface area contributed by atoms with Gasteiger partial charge in [-0.25, -0.2) is 0 Å². The largest absolute Gasteiger partial charge is 0.458 e. The van der Waals surface area contributed by atoms with Crippen LogP contribution in [0.2, 0.25) is 0 Å². The number of hydrogen-bond donors (Lipinski definition) is 0. The molecule has 6 heteroatoms. The van der Waals surface area contributed by atoms with Gasteiger partial charge in [0.15, 0.2) is 0 Å². The zero-order valence-corrected chi connectivity index (χ0v) is 29.0. The van der Waals surface area contributed by atoms with Gasteiger partial charge in [-0.05, 0) is 87.4 Å². The van der Waals surface area contributed by atoms with Crippen molar-refractivity contribution in [3.05, 3.63) is 164 Å². The number of fused-ring (bicyclic) bond motifs is 16. The van der Waals surface area contributed by atoms with Gasteiger partial charge in [-0.1, -0.05) is 103 Å². The van der Waals surface area contributed by atoms with Gasteiger partial charge in [0.1, 0.15) is 11.5 Å². The van der Waals surface area contributed by atoms with Crippen LogP contribution in [-0.2, 0) is 0 Å². The number of anilines is 3. The zero-order chi connectivity index (χ0) is 34.8. The molecule has 0 radical (unpaired) electrons. The normalized spacial score (nSPS) is 14.0. The number of rotatable bonds is 1.